The van der Waals surface area contributed by atoms with E-state index in [0.717, 1.165) is 23.5 Å². The number of benzene rings is 1. The van der Waals surface area contributed by atoms with Crippen LogP contribution in [0.25, 0.3) is 0 Å². The number of nitrogens with zero attached hydrogens (tertiary/aromatic N) is 4. The molecule has 0 fully saturated rings. The molecule has 0 atom stereocenters. The Morgan fingerprint density at radius 2 is 2.03 bits per heavy atom. The molecule has 2 aromatic rings. The summed E-state index contributed by atoms with van der Waals surface area (Å²) in [4.78, 5) is 4.62. The molecule has 1 aromatic carbocycles. The lowest BCUT2D eigenvalue weighted by atomic mass is 10.1. The van der Waals surface area contributed by atoms with Crippen molar-refractivity contribution in [2.24, 2.45) is 4.99 Å². The van der Waals surface area contributed by atoms with E-state index in [2.05, 4.69) is 45.5 Å². The predicted octanol–water partition coefficient (Wildman–Crippen LogP) is 6.88. The van der Waals surface area contributed by atoms with E-state index in [1.807, 2.05) is 27.8 Å². The fourth-order valence-corrected chi connectivity index (χ4v) is 3.56. The molecule has 0 radical (unpaired) electrons. The van der Waals surface area contributed by atoms with Crippen molar-refractivity contribution < 1.29 is 9.13 Å². The van der Waals surface area contributed by atoms with Gasteiger partial charge < -0.3 is 15.5 Å². The minimum absolute atomic E-state index is 0.333. The molecule has 0 saturated heterocycles. The largest absolute Gasteiger partial charge is 0.495 e. The molecule has 1 aromatic heterocycles. The standard InChI is InChI=1S/C18H22Cl2N6O.C3H5F.C2H6/c1-5-10(6-2)7-15-24-25-18(26(15)21-3)23-14-8-11-16(20)13(27-4)9-12(19)17(11)22-14;1-3(2)4;1-2/h5,9,21H,6-8H2,1-4H3,(H,22,23,25);1H2,2H3;1-2H3/b10-5+;;. The quantitative estimate of drug-likeness (QED) is 0.424. The van der Waals surface area contributed by atoms with Crippen LogP contribution in [0.4, 0.5) is 16.0 Å². The number of ether oxygens (including phenoxy) is 1. The number of fused-ring (bicyclic) bond motifs is 1. The monoisotopic (exact) mass is 498 g/mol. The van der Waals surface area contributed by atoms with Gasteiger partial charge >= 0.3 is 0 Å². The minimum atomic E-state index is -0.333. The number of amidine groups is 1. The van der Waals surface area contributed by atoms with Crippen molar-refractivity contribution in [2.75, 3.05) is 24.9 Å². The van der Waals surface area contributed by atoms with Crippen molar-refractivity contribution in [1.29, 1.82) is 0 Å². The summed E-state index contributed by atoms with van der Waals surface area (Å²) < 4.78 is 17.9. The van der Waals surface area contributed by atoms with Gasteiger partial charge in [0.2, 0.25) is 0 Å². The lowest BCUT2D eigenvalue weighted by Crippen LogP contribution is -2.14. The Morgan fingerprint density at radius 1 is 1.39 bits per heavy atom. The topological polar surface area (TPSA) is 76.4 Å². The third-order valence-electron chi connectivity index (χ3n) is 4.53. The van der Waals surface area contributed by atoms with Crippen molar-refractivity contribution in [2.45, 2.75) is 53.9 Å². The van der Waals surface area contributed by atoms with Gasteiger partial charge in [-0.2, -0.15) is 4.99 Å². The summed E-state index contributed by atoms with van der Waals surface area (Å²) in [6.07, 6.45) is 4.29. The average Bonchev–Trinajstić information content (AvgIpc) is 3.40. The van der Waals surface area contributed by atoms with Crippen molar-refractivity contribution in [3.63, 3.8) is 0 Å². The molecule has 1 aliphatic rings. The van der Waals surface area contributed by atoms with Crippen LogP contribution in [-0.4, -0.2) is 34.9 Å². The van der Waals surface area contributed by atoms with Gasteiger partial charge in [-0.1, -0.05) is 62.2 Å². The van der Waals surface area contributed by atoms with Crippen LogP contribution in [0.15, 0.2) is 35.1 Å². The number of anilines is 1. The normalized spacial score (nSPS) is 13.3. The molecule has 0 saturated carbocycles. The molecule has 0 aliphatic carbocycles. The first-order valence-electron chi connectivity index (χ1n) is 10.7. The lowest BCUT2D eigenvalue weighted by Gasteiger charge is -2.09. The summed E-state index contributed by atoms with van der Waals surface area (Å²) in [5.41, 5.74) is 5.99. The summed E-state index contributed by atoms with van der Waals surface area (Å²) in [5.74, 6) is 2.18. The zero-order chi connectivity index (χ0) is 25.1. The molecule has 0 bridgehead atoms. The molecule has 2 heterocycles. The smallest absolute Gasteiger partial charge is 0.271 e. The van der Waals surface area contributed by atoms with Gasteiger partial charge in [-0.25, -0.2) is 9.07 Å². The molecule has 1 aliphatic heterocycles. The first kappa shape index (κ1) is 28.5. The predicted molar refractivity (Wildman–Crippen MR) is 138 cm³/mol. The van der Waals surface area contributed by atoms with Crippen molar-refractivity contribution >= 4 is 40.7 Å². The molecule has 0 spiro atoms. The molecule has 33 heavy (non-hydrogen) atoms. The highest BCUT2D eigenvalue weighted by Gasteiger charge is 2.25. The van der Waals surface area contributed by atoms with Gasteiger partial charge in [-0.15, -0.1) is 10.2 Å². The van der Waals surface area contributed by atoms with E-state index < -0.39 is 0 Å². The molecule has 182 valence electrons. The van der Waals surface area contributed by atoms with Gasteiger partial charge in [0.15, 0.2) is 5.82 Å². The minimum Gasteiger partial charge on any atom is -0.495 e. The van der Waals surface area contributed by atoms with Gasteiger partial charge in [-0.05, 0) is 20.3 Å². The highest BCUT2D eigenvalue weighted by Crippen LogP contribution is 2.42. The van der Waals surface area contributed by atoms with Gasteiger partial charge in [0.25, 0.3) is 5.95 Å². The zero-order valence-corrected chi connectivity index (χ0v) is 21.8. The summed E-state index contributed by atoms with van der Waals surface area (Å²) in [6, 6.07) is 1.69. The van der Waals surface area contributed by atoms with E-state index >= 15 is 0 Å². The van der Waals surface area contributed by atoms with Gasteiger partial charge in [0.05, 0.1) is 28.7 Å². The van der Waals surface area contributed by atoms with E-state index in [9.17, 15) is 4.39 Å². The van der Waals surface area contributed by atoms with Crippen LogP contribution in [0.2, 0.25) is 10.0 Å². The maximum atomic E-state index is 10.8. The van der Waals surface area contributed by atoms with Gasteiger partial charge in [-0.3, -0.25) is 0 Å². The second-order valence-corrected chi connectivity index (χ2v) is 7.50. The molecular weight excluding hydrogens is 466 g/mol. The first-order chi connectivity index (χ1) is 15.7. The number of hydrogen-bond donors (Lipinski definition) is 2. The number of rotatable bonds is 6. The molecule has 2 N–H and O–H groups in total. The molecule has 7 nitrogen and oxygen atoms in total. The number of hydrogen-bond acceptors (Lipinski definition) is 5. The van der Waals surface area contributed by atoms with Gasteiger partial charge in [0, 0.05) is 31.5 Å². The van der Waals surface area contributed by atoms with Crippen LogP contribution in [0, 0.1) is 0 Å². The lowest BCUT2D eigenvalue weighted by molar-refractivity contribution is 0.415. The second-order valence-electron chi connectivity index (χ2n) is 6.72. The van der Waals surface area contributed by atoms with Crippen LogP contribution in [0.1, 0.15) is 52.4 Å². The average molecular weight is 499 g/mol. The van der Waals surface area contributed by atoms with Crippen LogP contribution in [0.3, 0.4) is 0 Å². The third kappa shape index (κ3) is 7.47. The fraction of sp³-hybridized carbons (Fsp3) is 0.435. The SMILES string of the molecule is C/C=C(\CC)Cc1nnc(/N=C2\Cc3c(Cl)c(OC)cc(Cl)c3N2)n1NC.C=C(C)F.CC. The molecule has 10 heteroatoms. The molecular formula is C23H33Cl2FN6O. The van der Waals surface area contributed by atoms with Crippen molar-refractivity contribution in [3.8, 4) is 5.75 Å². The van der Waals surface area contributed by atoms with E-state index in [-0.39, 0.29) is 5.83 Å². The second kappa shape index (κ2) is 13.9. The van der Waals surface area contributed by atoms with E-state index in [0.29, 0.717) is 40.4 Å². The molecule has 0 amide bonds. The van der Waals surface area contributed by atoms with E-state index in [1.165, 1.54) is 12.5 Å². The Labute approximate surface area is 205 Å². The first-order valence-corrected chi connectivity index (χ1v) is 11.5. The zero-order valence-electron chi connectivity index (χ0n) is 20.3. The van der Waals surface area contributed by atoms with Crippen LogP contribution in [-0.2, 0) is 12.8 Å². The third-order valence-corrected chi connectivity index (χ3v) is 5.24. The van der Waals surface area contributed by atoms with Crippen LogP contribution < -0.4 is 15.5 Å². The number of aliphatic imine (C=N–C) groups is 1. The van der Waals surface area contributed by atoms with Crippen LogP contribution >= 0.6 is 23.2 Å². The maximum Gasteiger partial charge on any atom is 0.271 e. The van der Waals surface area contributed by atoms with Crippen molar-refractivity contribution in [1.82, 2.24) is 14.9 Å². The number of methoxy groups -OCH3 is 1. The highest BCUT2D eigenvalue weighted by atomic mass is 35.5. The number of aromatic nitrogens is 3. The Hall–Kier alpha value is -2.58. The molecule has 0 unspecified atom stereocenters. The summed E-state index contributed by atoms with van der Waals surface area (Å²) in [7, 11) is 3.38. The fourth-order valence-electron chi connectivity index (χ4n) is 3.00. The Balaban J connectivity index is 0.000000820. The number of allylic oxidation sites excluding steroid dienone is 3. The Morgan fingerprint density at radius 3 is 2.55 bits per heavy atom. The van der Waals surface area contributed by atoms with Gasteiger partial charge in [0.1, 0.15) is 11.6 Å². The van der Waals surface area contributed by atoms with Crippen molar-refractivity contribution in [3.05, 3.63) is 51.6 Å². The maximum absolute atomic E-state index is 10.8. The van der Waals surface area contributed by atoms with E-state index in [1.54, 1.807) is 17.9 Å². The summed E-state index contributed by atoms with van der Waals surface area (Å²) >= 11 is 12.8. The number of halogens is 3. The van der Waals surface area contributed by atoms with Crippen LogP contribution in [0.5, 0.6) is 5.75 Å². The Kier molecular flexibility index (Phi) is 11.9. The molecule has 3 rings (SSSR count). The number of nitrogens with one attached hydrogen (secondary N) is 2. The Bertz CT molecular complexity index is 1010. The summed E-state index contributed by atoms with van der Waals surface area (Å²) in [6.45, 7) is 12.3. The van der Waals surface area contributed by atoms with E-state index in [4.69, 9.17) is 27.9 Å². The summed E-state index contributed by atoms with van der Waals surface area (Å²) in [5, 5.41) is 12.8. The highest BCUT2D eigenvalue weighted by molar-refractivity contribution is 6.38.